The summed E-state index contributed by atoms with van der Waals surface area (Å²) in [5.74, 6) is -1.57. The summed E-state index contributed by atoms with van der Waals surface area (Å²) in [5.41, 5.74) is 0.815. The van der Waals surface area contributed by atoms with Crippen LogP contribution in [0, 0.1) is 0 Å². The zero-order chi connectivity index (χ0) is 16.8. The second-order valence-electron chi connectivity index (χ2n) is 4.63. The molecule has 2 aromatic rings. The number of hydrogen-bond acceptors (Lipinski definition) is 6. The number of nitrogens with one attached hydrogen (secondary N) is 1. The van der Waals surface area contributed by atoms with Crippen LogP contribution in [-0.4, -0.2) is 40.2 Å². The van der Waals surface area contributed by atoms with Crippen LogP contribution in [0.3, 0.4) is 0 Å². The molecule has 0 aliphatic carbocycles. The van der Waals surface area contributed by atoms with Crippen molar-refractivity contribution in [2.45, 2.75) is 12.5 Å². The van der Waals surface area contributed by atoms with Crippen molar-refractivity contribution in [3.05, 3.63) is 48.0 Å². The summed E-state index contributed by atoms with van der Waals surface area (Å²) in [5, 5.41) is 21.2. The fourth-order valence-corrected chi connectivity index (χ4v) is 1.93. The molecule has 2 rings (SSSR count). The highest BCUT2D eigenvalue weighted by molar-refractivity contribution is 5.81. The summed E-state index contributed by atoms with van der Waals surface area (Å²) in [4.78, 5) is 28.4. The van der Waals surface area contributed by atoms with E-state index in [0.29, 0.717) is 4.73 Å². The standard InChI is InChI=1S/C15H16N2O6/c1-22-14(20)11(9-10-5-3-2-4-6-10)16-15(21)23-17-12(18)7-8-13(17)19/h2-8,11,18-19H,9H2,1H3,(H,16,21)/t11-/m1/s1. The molecule has 8 heteroatoms. The number of aromatic hydroxyl groups is 2. The summed E-state index contributed by atoms with van der Waals surface area (Å²) in [6.45, 7) is 0. The molecule has 1 atom stereocenters. The van der Waals surface area contributed by atoms with Gasteiger partial charge in [-0.25, -0.2) is 9.59 Å². The number of benzene rings is 1. The van der Waals surface area contributed by atoms with Crippen molar-refractivity contribution in [1.82, 2.24) is 10.0 Å². The van der Waals surface area contributed by atoms with Gasteiger partial charge < -0.3 is 25.1 Å². The average Bonchev–Trinajstić information content (AvgIpc) is 2.86. The van der Waals surface area contributed by atoms with Gasteiger partial charge in [-0.05, 0) is 5.56 Å². The van der Waals surface area contributed by atoms with Gasteiger partial charge in [0.1, 0.15) is 6.04 Å². The molecule has 0 spiro atoms. The van der Waals surface area contributed by atoms with Gasteiger partial charge in [0.2, 0.25) is 11.8 Å². The smallest absolute Gasteiger partial charge is 0.432 e. The Morgan fingerprint density at radius 3 is 2.30 bits per heavy atom. The molecule has 8 nitrogen and oxygen atoms in total. The van der Waals surface area contributed by atoms with Crippen LogP contribution < -0.4 is 10.2 Å². The van der Waals surface area contributed by atoms with E-state index in [4.69, 9.17) is 4.84 Å². The lowest BCUT2D eigenvalue weighted by molar-refractivity contribution is -0.143. The summed E-state index contributed by atoms with van der Waals surface area (Å²) < 4.78 is 5.17. The minimum Gasteiger partial charge on any atom is -0.492 e. The van der Waals surface area contributed by atoms with Gasteiger partial charge >= 0.3 is 12.1 Å². The van der Waals surface area contributed by atoms with E-state index in [-0.39, 0.29) is 6.42 Å². The van der Waals surface area contributed by atoms with Crippen LogP contribution in [0.2, 0.25) is 0 Å². The fraction of sp³-hybridized carbons (Fsp3) is 0.200. The number of amides is 1. The first-order valence-electron chi connectivity index (χ1n) is 6.71. The first-order valence-corrected chi connectivity index (χ1v) is 6.71. The van der Waals surface area contributed by atoms with E-state index in [1.165, 1.54) is 7.11 Å². The Hall–Kier alpha value is -3.16. The van der Waals surface area contributed by atoms with Gasteiger partial charge in [0.05, 0.1) is 7.11 Å². The van der Waals surface area contributed by atoms with Crippen molar-refractivity contribution >= 4 is 12.1 Å². The fourth-order valence-electron chi connectivity index (χ4n) is 1.93. The van der Waals surface area contributed by atoms with E-state index in [0.717, 1.165) is 17.7 Å². The predicted octanol–water partition coefficient (Wildman–Crippen LogP) is 0.822. The quantitative estimate of drug-likeness (QED) is 0.704. The van der Waals surface area contributed by atoms with E-state index in [9.17, 15) is 19.8 Å². The normalized spacial score (nSPS) is 11.5. The minimum absolute atomic E-state index is 0.201. The molecule has 0 radical (unpaired) electrons. The number of nitrogens with zero attached hydrogens (tertiary/aromatic N) is 1. The molecule has 0 bridgehead atoms. The van der Waals surface area contributed by atoms with Gasteiger partial charge in [-0.3, -0.25) is 0 Å². The highest BCUT2D eigenvalue weighted by Gasteiger charge is 2.24. The molecule has 0 saturated carbocycles. The Bertz CT molecular complexity index is 663. The Labute approximate surface area is 131 Å². The molecule has 1 heterocycles. The minimum atomic E-state index is -1.03. The second kappa shape index (κ2) is 7.21. The van der Waals surface area contributed by atoms with E-state index in [1.54, 1.807) is 24.3 Å². The lowest BCUT2D eigenvalue weighted by atomic mass is 10.1. The summed E-state index contributed by atoms with van der Waals surface area (Å²) >= 11 is 0. The monoisotopic (exact) mass is 320 g/mol. The van der Waals surface area contributed by atoms with Crippen LogP contribution in [0.5, 0.6) is 11.8 Å². The van der Waals surface area contributed by atoms with E-state index in [1.807, 2.05) is 6.07 Å². The molecule has 0 unspecified atom stereocenters. The van der Waals surface area contributed by atoms with E-state index >= 15 is 0 Å². The number of ether oxygens (including phenoxy) is 1. The van der Waals surface area contributed by atoms with Crippen molar-refractivity contribution in [2.24, 2.45) is 0 Å². The lowest BCUT2D eigenvalue weighted by Crippen LogP contribution is -2.45. The van der Waals surface area contributed by atoms with Gasteiger partial charge in [-0.2, -0.15) is 0 Å². The SMILES string of the molecule is COC(=O)[C@@H](Cc1ccccc1)NC(=O)On1c(O)ccc1O. The molecule has 0 fully saturated rings. The third kappa shape index (κ3) is 4.16. The number of carbonyl (C=O) groups is 2. The molecule has 23 heavy (non-hydrogen) atoms. The van der Waals surface area contributed by atoms with Crippen molar-refractivity contribution in [3.8, 4) is 11.8 Å². The zero-order valence-electron chi connectivity index (χ0n) is 12.3. The Kier molecular flexibility index (Phi) is 5.08. The average molecular weight is 320 g/mol. The van der Waals surface area contributed by atoms with Gasteiger partial charge in [0.15, 0.2) is 0 Å². The van der Waals surface area contributed by atoms with Gasteiger partial charge in [-0.15, -0.1) is 4.73 Å². The second-order valence-corrected chi connectivity index (χ2v) is 4.63. The maximum atomic E-state index is 11.9. The molecule has 3 N–H and O–H groups in total. The maximum Gasteiger partial charge on any atom is 0.432 e. The van der Waals surface area contributed by atoms with Crippen molar-refractivity contribution in [2.75, 3.05) is 7.11 Å². The van der Waals surface area contributed by atoms with Crippen LogP contribution in [0.15, 0.2) is 42.5 Å². The molecule has 1 aromatic heterocycles. The molecule has 0 aliphatic rings. The van der Waals surface area contributed by atoms with Crippen LogP contribution in [-0.2, 0) is 16.0 Å². The summed E-state index contributed by atoms with van der Waals surface area (Å²) in [6, 6.07) is 10.3. The molecule has 0 saturated heterocycles. The highest BCUT2D eigenvalue weighted by atomic mass is 16.7. The third-order valence-electron chi connectivity index (χ3n) is 3.03. The lowest BCUT2D eigenvalue weighted by Gasteiger charge is -2.16. The number of hydrogen-bond donors (Lipinski definition) is 3. The summed E-state index contributed by atoms with van der Waals surface area (Å²) in [6.07, 6.45) is -0.829. The number of esters is 1. The van der Waals surface area contributed by atoms with Crippen LogP contribution in [0.1, 0.15) is 5.56 Å². The molecule has 1 aromatic carbocycles. The van der Waals surface area contributed by atoms with Crippen molar-refractivity contribution < 1.29 is 29.4 Å². The maximum absolute atomic E-state index is 11.9. The molecule has 122 valence electrons. The third-order valence-corrected chi connectivity index (χ3v) is 3.03. The Balaban J connectivity index is 2.05. The summed E-state index contributed by atoms with van der Waals surface area (Å²) in [7, 11) is 1.21. The van der Waals surface area contributed by atoms with Gasteiger partial charge in [0, 0.05) is 18.6 Å². The van der Waals surface area contributed by atoms with E-state index in [2.05, 4.69) is 10.1 Å². The molecular weight excluding hydrogens is 304 g/mol. The Morgan fingerprint density at radius 1 is 1.13 bits per heavy atom. The largest absolute Gasteiger partial charge is 0.492 e. The molecule has 0 aliphatic heterocycles. The Morgan fingerprint density at radius 2 is 1.74 bits per heavy atom. The number of rotatable bonds is 5. The van der Waals surface area contributed by atoms with Gasteiger partial charge in [-0.1, -0.05) is 30.3 Å². The predicted molar refractivity (Wildman–Crippen MR) is 78.8 cm³/mol. The van der Waals surface area contributed by atoms with E-state index < -0.39 is 29.9 Å². The number of aromatic nitrogens is 1. The van der Waals surface area contributed by atoms with Crippen LogP contribution >= 0.6 is 0 Å². The molecule has 1 amide bonds. The van der Waals surface area contributed by atoms with Crippen LogP contribution in [0.25, 0.3) is 0 Å². The highest BCUT2D eigenvalue weighted by Crippen LogP contribution is 2.18. The van der Waals surface area contributed by atoms with Crippen molar-refractivity contribution in [3.63, 3.8) is 0 Å². The number of methoxy groups -OCH3 is 1. The molecular formula is C15H16N2O6. The first-order chi connectivity index (χ1) is 11.0. The zero-order valence-corrected chi connectivity index (χ0v) is 12.3. The number of carbonyl (C=O) groups excluding carboxylic acids is 2. The van der Waals surface area contributed by atoms with Crippen LogP contribution in [0.4, 0.5) is 4.79 Å². The van der Waals surface area contributed by atoms with Crippen molar-refractivity contribution in [1.29, 1.82) is 0 Å². The first kappa shape index (κ1) is 16.2. The van der Waals surface area contributed by atoms with Gasteiger partial charge in [0.25, 0.3) is 0 Å². The topological polar surface area (TPSA) is 110 Å².